The van der Waals surface area contributed by atoms with Crippen LogP contribution in [0.4, 0.5) is 0 Å². The lowest BCUT2D eigenvalue weighted by Gasteiger charge is -2.19. The summed E-state index contributed by atoms with van der Waals surface area (Å²) in [5.41, 5.74) is 10.9. The molecule has 0 radical (unpaired) electrons. The van der Waals surface area contributed by atoms with E-state index in [0.717, 1.165) is 66.2 Å². The molecule has 0 amide bonds. The minimum Gasteiger partial charge on any atom is -0.456 e. The van der Waals surface area contributed by atoms with Crippen LogP contribution in [0.2, 0.25) is 0 Å². The highest BCUT2D eigenvalue weighted by atomic mass is 16.3. The standard InChI is InChI=1S/C53H36O2/c1-34-15-9-10-20-42(34)47(29-35(2)36-16-5-3-6-17-36)53-45-23-13-11-21-43(45)52(44-22-12-14-24-46(44)53)39-26-28-49-41(31-39)33-51(55-49)38-25-27-48-40(30-38)32-50(54-48)37-18-7-4-8-19-37/h3-33H,1H2,2H3/b35-29+,47-42+. The van der Waals surface area contributed by atoms with E-state index >= 15 is 0 Å². The van der Waals surface area contributed by atoms with Crippen molar-refractivity contribution in [1.29, 1.82) is 0 Å². The quantitative estimate of drug-likeness (QED) is 0.161. The van der Waals surface area contributed by atoms with E-state index in [1.165, 1.54) is 43.8 Å². The van der Waals surface area contributed by atoms with E-state index < -0.39 is 0 Å². The third kappa shape index (κ3) is 5.76. The molecule has 0 saturated heterocycles. The SMILES string of the molecule is C=c1cccc/c1=C(/C=C(\C)c1ccccc1)c1c2ccccc2c(-c2ccc3oc(-c4ccc5oc(-c6ccccc6)cc5c4)cc3c2)c2ccccc12. The van der Waals surface area contributed by atoms with Crippen LogP contribution < -0.4 is 10.4 Å². The van der Waals surface area contributed by atoms with Crippen LogP contribution in [0.3, 0.4) is 0 Å². The molecule has 10 rings (SSSR count). The number of fused-ring (bicyclic) bond motifs is 4. The zero-order valence-electron chi connectivity index (χ0n) is 30.4. The Morgan fingerprint density at radius 2 is 0.982 bits per heavy atom. The van der Waals surface area contributed by atoms with E-state index in [1.54, 1.807) is 0 Å². The molecule has 0 unspecified atom stereocenters. The monoisotopic (exact) mass is 704 g/mol. The molecule has 0 aliphatic rings. The lowest BCUT2D eigenvalue weighted by Crippen LogP contribution is -2.25. The highest BCUT2D eigenvalue weighted by Gasteiger charge is 2.19. The molecular weight excluding hydrogens is 669 g/mol. The van der Waals surface area contributed by atoms with Gasteiger partial charge in [-0.2, -0.15) is 0 Å². The van der Waals surface area contributed by atoms with Crippen molar-refractivity contribution in [3.8, 4) is 33.8 Å². The topological polar surface area (TPSA) is 26.3 Å². The Hall–Kier alpha value is -7.16. The van der Waals surface area contributed by atoms with Crippen LogP contribution in [0.15, 0.2) is 197 Å². The maximum absolute atomic E-state index is 6.50. The van der Waals surface area contributed by atoms with Crippen molar-refractivity contribution in [1.82, 2.24) is 0 Å². The molecule has 0 bridgehead atoms. The van der Waals surface area contributed by atoms with Gasteiger partial charge in [0.2, 0.25) is 0 Å². The normalized spacial score (nSPS) is 12.6. The average Bonchev–Trinajstić information content (AvgIpc) is 3.87. The Morgan fingerprint density at radius 3 is 1.62 bits per heavy atom. The largest absolute Gasteiger partial charge is 0.456 e. The minimum absolute atomic E-state index is 0.827. The summed E-state index contributed by atoms with van der Waals surface area (Å²) in [6, 6.07) is 64.0. The van der Waals surface area contributed by atoms with Gasteiger partial charge in [-0.3, -0.25) is 0 Å². The third-order valence-corrected chi connectivity index (χ3v) is 10.8. The van der Waals surface area contributed by atoms with Gasteiger partial charge in [0.15, 0.2) is 0 Å². The molecule has 260 valence electrons. The Bertz CT molecular complexity index is 3160. The molecule has 0 atom stereocenters. The molecule has 0 saturated carbocycles. The first-order valence-corrected chi connectivity index (χ1v) is 18.7. The molecule has 2 nitrogen and oxygen atoms in total. The Morgan fingerprint density at radius 1 is 0.473 bits per heavy atom. The van der Waals surface area contributed by atoms with Crippen molar-refractivity contribution in [2.75, 3.05) is 0 Å². The van der Waals surface area contributed by atoms with E-state index in [1.807, 2.05) is 24.3 Å². The van der Waals surface area contributed by atoms with Crippen LogP contribution in [0.1, 0.15) is 18.1 Å². The van der Waals surface area contributed by atoms with E-state index in [-0.39, 0.29) is 0 Å². The maximum atomic E-state index is 6.50. The predicted molar refractivity (Wildman–Crippen MR) is 231 cm³/mol. The van der Waals surface area contributed by atoms with Crippen molar-refractivity contribution in [2.24, 2.45) is 0 Å². The third-order valence-electron chi connectivity index (χ3n) is 10.8. The lowest BCUT2D eigenvalue weighted by molar-refractivity contribution is 0.629. The summed E-state index contributed by atoms with van der Waals surface area (Å²) in [4.78, 5) is 0. The van der Waals surface area contributed by atoms with Gasteiger partial charge in [0.25, 0.3) is 0 Å². The van der Waals surface area contributed by atoms with E-state index in [9.17, 15) is 0 Å². The summed E-state index contributed by atoms with van der Waals surface area (Å²) >= 11 is 0. The molecule has 2 heterocycles. The molecule has 55 heavy (non-hydrogen) atoms. The zero-order valence-corrected chi connectivity index (χ0v) is 30.4. The van der Waals surface area contributed by atoms with Crippen molar-refractivity contribution in [3.63, 3.8) is 0 Å². The summed E-state index contributed by atoms with van der Waals surface area (Å²) in [7, 11) is 0. The van der Waals surface area contributed by atoms with Gasteiger partial charge in [-0.05, 0) is 115 Å². The summed E-state index contributed by atoms with van der Waals surface area (Å²) in [5, 5.41) is 9.01. The number of benzene rings is 8. The second-order valence-corrected chi connectivity index (χ2v) is 14.2. The minimum atomic E-state index is 0.827. The van der Waals surface area contributed by atoms with Gasteiger partial charge in [0.1, 0.15) is 22.7 Å². The fourth-order valence-electron chi connectivity index (χ4n) is 8.08. The molecule has 2 heteroatoms. The van der Waals surface area contributed by atoms with Gasteiger partial charge in [-0.25, -0.2) is 0 Å². The fraction of sp³-hybridized carbons (Fsp3) is 0.0189. The zero-order chi connectivity index (χ0) is 36.9. The summed E-state index contributed by atoms with van der Waals surface area (Å²) < 4.78 is 12.7. The fourth-order valence-corrected chi connectivity index (χ4v) is 8.08. The molecular formula is C53H36O2. The molecule has 10 aromatic rings. The summed E-state index contributed by atoms with van der Waals surface area (Å²) in [6.45, 7) is 6.69. The van der Waals surface area contributed by atoms with Crippen LogP contribution in [0, 0.1) is 0 Å². The van der Waals surface area contributed by atoms with Gasteiger partial charge in [-0.1, -0.05) is 152 Å². The number of hydrogen-bond acceptors (Lipinski definition) is 2. The molecule has 0 aliphatic carbocycles. The second kappa shape index (κ2) is 13.4. The van der Waals surface area contributed by atoms with Crippen molar-refractivity contribution in [2.45, 2.75) is 6.92 Å². The van der Waals surface area contributed by atoms with Gasteiger partial charge in [0.05, 0.1) is 0 Å². The first-order valence-electron chi connectivity index (χ1n) is 18.7. The molecule has 8 aromatic carbocycles. The van der Waals surface area contributed by atoms with E-state index in [2.05, 4.69) is 177 Å². The molecule has 0 fully saturated rings. The van der Waals surface area contributed by atoms with Gasteiger partial charge < -0.3 is 8.83 Å². The Kier molecular flexibility index (Phi) is 7.89. The first-order chi connectivity index (χ1) is 27.1. The average molecular weight is 705 g/mol. The van der Waals surface area contributed by atoms with Crippen LogP contribution >= 0.6 is 0 Å². The van der Waals surface area contributed by atoms with E-state index in [4.69, 9.17) is 8.83 Å². The maximum Gasteiger partial charge on any atom is 0.135 e. The van der Waals surface area contributed by atoms with Gasteiger partial charge in [0, 0.05) is 21.9 Å². The Balaban J connectivity index is 1.15. The van der Waals surface area contributed by atoms with Crippen molar-refractivity contribution in [3.05, 3.63) is 210 Å². The van der Waals surface area contributed by atoms with Crippen molar-refractivity contribution < 1.29 is 8.83 Å². The van der Waals surface area contributed by atoms with Gasteiger partial charge in [-0.15, -0.1) is 0 Å². The van der Waals surface area contributed by atoms with Crippen LogP contribution in [0.5, 0.6) is 0 Å². The number of hydrogen-bond donors (Lipinski definition) is 0. The highest BCUT2D eigenvalue weighted by Crippen LogP contribution is 2.43. The first kappa shape index (κ1) is 32.5. The van der Waals surface area contributed by atoms with Gasteiger partial charge >= 0.3 is 0 Å². The van der Waals surface area contributed by atoms with E-state index in [0.29, 0.717) is 0 Å². The van der Waals surface area contributed by atoms with Crippen molar-refractivity contribution >= 4 is 61.2 Å². The summed E-state index contributed by atoms with van der Waals surface area (Å²) in [5.74, 6) is 1.68. The molecule has 0 aliphatic heterocycles. The smallest absolute Gasteiger partial charge is 0.135 e. The molecule has 0 N–H and O–H groups in total. The highest BCUT2D eigenvalue weighted by molar-refractivity contribution is 6.20. The van der Waals surface area contributed by atoms with Crippen LogP contribution in [-0.2, 0) is 0 Å². The lowest BCUT2D eigenvalue weighted by atomic mass is 9.84. The number of allylic oxidation sites excluding steroid dienone is 2. The second-order valence-electron chi connectivity index (χ2n) is 14.2. The van der Waals surface area contributed by atoms with Crippen LogP contribution in [-0.4, -0.2) is 0 Å². The summed E-state index contributed by atoms with van der Waals surface area (Å²) in [6.07, 6.45) is 2.34. The molecule has 0 spiro atoms. The molecule has 2 aromatic heterocycles. The number of furan rings is 2. The number of rotatable bonds is 6. The van der Waals surface area contributed by atoms with Crippen LogP contribution in [0.25, 0.3) is 95.0 Å². The Labute approximate surface area is 319 Å². The predicted octanol–water partition coefficient (Wildman–Crippen LogP) is 13.2.